The molecule has 6 heteroatoms. The number of nitrogens with zero attached hydrogens (tertiary/aromatic N) is 2. The number of fused-ring (bicyclic) bond motifs is 2. The van der Waals surface area contributed by atoms with Crippen LogP contribution >= 0.6 is 12.4 Å². The zero-order valence-electron chi connectivity index (χ0n) is 14.7. The number of benzene rings is 1. The molecule has 3 atom stereocenters. The number of amides is 1. The lowest BCUT2D eigenvalue weighted by molar-refractivity contribution is -0.134. The predicted octanol–water partition coefficient (Wildman–Crippen LogP) is 2.23. The van der Waals surface area contributed by atoms with Crippen LogP contribution in [0.1, 0.15) is 22.9 Å². The molecule has 5 rings (SSSR count). The lowest BCUT2D eigenvalue weighted by atomic mass is 10.1. The van der Waals surface area contributed by atoms with Gasteiger partial charge in [-0.3, -0.25) is 4.79 Å². The van der Waals surface area contributed by atoms with Crippen molar-refractivity contribution in [1.82, 2.24) is 15.2 Å². The summed E-state index contributed by atoms with van der Waals surface area (Å²) in [7, 11) is 0. The summed E-state index contributed by atoms with van der Waals surface area (Å²) in [4.78, 5) is 19.4. The van der Waals surface area contributed by atoms with Crippen molar-refractivity contribution in [2.75, 3.05) is 19.6 Å². The van der Waals surface area contributed by atoms with Gasteiger partial charge in [0.1, 0.15) is 11.5 Å². The molecule has 26 heavy (non-hydrogen) atoms. The number of rotatable bonds is 4. The largest absolute Gasteiger partial charge is 0.445 e. The van der Waals surface area contributed by atoms with Crippen molar-refractivity contribution < 1.29 is 9.21 Å². The van der Waals surface area contributed by atoms with E-state index in [2.05, 4.69) is 34.6 Å². The average molecular weight is 374 g/mol. The maximum atomic E-state index is 12.7. The van der Waals surface area contributed by atoms with Crippen LogP contribution in [-0.4, -0.2) is 35.4 Å². The van der Waals surface area contributed by atoms with Gasteiger partial charge in [-0.25, -0.2) is 4.98 Å². The van der Waals surface area contributed by atoms with Crippen molar-refractivity contribution in [2.24, 2.45) is 17.8 Å². The Morgan fingerprint density at radius 1 is 1.19 bits per heavy atom. The molecule has 0 spiro atoms. The van der Waals surface area contributed by atoms with Crippen LogP contribution in [0, 0.1) is 17.8 Å². The highest BCUT2D eigenvalue weighted by molar-refractivity contribution is 5.85. The minimum Gasteiger partial charge on any atom is -0.445 e. The van der Waals surface area contributed by atoms with E-state index in [-0.39, 0.29) is 18.3 Å². The maximum Gasteiger partial charge on any atom is 0.226 e. The highest BCUT2D eigenvalue weighted by atomic mass is 35.5. The minimum atomic E-state index is 0. The van der Waals surface area contributed by atoms with E-state index in [0.717, 1.165) is 56.2 Å². The number of oxazole rings is 1. The van der Waals surface area contributed by atoms with E-state index in [0.29, 0.717) is 24.3 Å². The highest BCUT2D eigenvalue weighted by Crippen LogP contribution is 2.49. The van der Waals surface area contributed by atoms with Crippen molar-refractivity contribution >= 4 is 18.3 Å². The van der Waals surface area contributed by atoms with Crippen molar-refractivity contribution in [3.8, 4) is 0 Å². The first-order chi connectivity index (χ1) is 12.3. The minimum absolute atomic E-state index is 0. The third-order valence-corrected chi connectivity index (χ3v) is 5.93. The zero-order valence-corrected chi connectivity index (χ0v) is 15.5. The Balaban J connectivity index is 0.00000168. The predicted molar refractivity (Wildman–Crippen MR) is 100 cm³/mol. The summed E-state index contributed by atoms with van der Waals surface area (Å²) in [6, 6.07) is 10.4. The molecule has 1 aromatic heterocycles. The number of hydrogen-bond donors (Lipinski definition) is 1. The number of piperidine rings is 1. The van der Waals surface area contributed by atoms with Gasteiger partial charge in [-0.05, 0) is 36.9 Å². The number of halogens is 1. The first-order valence-electron chi connectivity index (χ1n) is 9.30. The Labute approximate surface area is 159 Å². The normalized spacial score (nSPS) is 26.0. The molecule has 2 aliphatic heterocycles. The van der Waals surface area contributed by atoms with Crippen LogP contribution in [0.2, 0.25) is 0 Å². The van der Waals surface area contributed by atoms with Gasteiger partial charge in [-0.1, -0.05) is 30.3 Å². The fourth-order valence-electron chi connectivity index (χ4n) is 4.44. The van der Waals surface area contributed by atoms with Crippen molar-refractivity contribution in [2.45, 2.75) is 25.8 Å². The lowest BCUT2D eigenvalue weighted by Crippen LogP contribution is -2.38. The zero-order chi connectivity index (χ0) is 16.8. The van der Waals surface area contributed by atoms with E-state index in [1.807, 2.05) is 11.0 Å². The molecule has 3 aliphatic rings. The summed E-state index contributed by atoms with van der Waals surface area (Å²) in [5.74, 6) is 3.52. The second-order valence-corrected chi connectivity index (χ2v) is 7.48. The van der Waals surface area contributed by atoms with E-state index in [1.54, 1.807) is 0 Å². The van der Waals surface area contributed by atoms with Crippen LogP contribution in [-0.2, 0) is 30.6 Å². The number of carbonyl (C=O) groups is 1. The van der Waals surface area contributed by atoms with Crippen LogP contribution in [0.25, 0.3) is 0 Å². The van der Waals surface area contributed by atoms with Gasteiger partial charge in [-0.2, -0.15) is 0 Å². The molecule has 0 bridgehead atoms. The second-order valence-electron chi connectivity index (χ2n) is 7.48. The van der Waals surface area contributed by atoms with Crippen molar-refractivity contribution in [3.05, 3.63) is 53.2 Å². The van der Waals surface area contributed by atoms with E-state index < -0.39 is 0 Å². The van der Waals surface area contributed by atoms with Gasteiger partial charge in [0.25, 0.3) is 0 Å². The van der Waals surface area contributed by atoms with Gasteiger partial charge in [-0.15, -0.1) is 12.4 Å². The smallest absolute Gasteiger partial charge is 0.226 e. The van der Waals surface area contributed by atoms with Crippen LogP contribution in [0.5, 0.6) is 0 Å². The molecule has 1 unspecified atom stereocenters. The molecule has 1 aliphatic carbocycles. The molecule has 5 nitrogen and oxygen atoms in total. The van der Waals surface area contributed by atoms with Crippen LogP contribution < -0.4 is 5.32 Å². The van der Waals surface area contributed by atoms with Gasteiger partial charge in [0.2, 0.25) is 5.91 Å². The highest BCUT2D eigenvalue weighted by Gasteiger charge is 2.58. The van der Waals surface area contributed by atoms with E-state index in [9.17, 15) is 4.79 Å². The molecular formula is C20H24ClN3O2. The van der Waals surface area contributed by atoms with E-state index in [4.69, 9.17) is 4.42 Å². The summed E-state index contributed by atoms with van der Waals surface area (Å²) in [6.45, 7) is 3.40. The van der Waals surface area contributed by atoms with Gasteiger partial charge in [0.15, 0.2) is 5.89 Å². The summed E-state index contributed by atoms with van der Waals surface area (Å²) in [6.07, 6.45) is 2.53. The Morgan fingerprint density at radius 3 is 2.73 bits per heavy atom. The van der Waals surface area contributed by atoms with Gasteiger partial charge in [0, 0.05) is 25.3 Å². The Hall–Kier alpha value is -1.85. The summed E-state index contributed by atoms with van der Waals surface area (Å²) in [5.41, 5.74) is 2.26. The number of aryl methyl sites for hydroxylation is 2. The Kier molecular flexibility index (Phi) is 4.76. The maximum absolute atomic E-state index is 12.7. The molecule has 0 radical (unpaired) electrons. The van der Waals surface area contributed by atoms with Crippen molar-refractivity contribution in [1.29, 1.82) is 0 Å². The topological polar surface area (TPSA) is 58.4 Å². The van der Waals surface area contributed by atoms with Gasteiger partial charge < -0.3 is 14.6 Å². The number of carbonyl (C=O) groups excluding carboxylic acids is 1. The second kappa shape index (κ2) is 7.05. The quantitative estimate of drug-likeness (QED) is 0.892. The first kappa shape index (κ1) is 17.6. The lowest BCUT2D eigenvalue weighted by Gasteiger charge is -2.26. The van der Waals surface area contributed by atoms with Crippen LogP contribution in [0.15, 0.2) is 34.7 Å². The van der Waals surface area contributed by atoms with Crippen LogP contribution in [0.3, 0.4) is 0 Å². The van der Waals surface area contributed by atoms with Crippen LogP contribution in [0.4, 0.5) is 0 Å². The molecule has 2 fully saturated rings. The molecule has 1 saturated carbocycles. The summed E-state index contributed by atoms with van der Waals surface area (Å²) in [5, 5.41) is 3.36. The molecule has 1 N–H and O–H groups in total. The Morgan fingerprint density at radius 2 is 1.96 bits per heavy atom. The van der Waals surface area contributed by atoms with Gasteiger partial charge in [0.05, 0.1) is 6.54 Å². The molecule has 2 aromatic rings. The molecule has 1 saturated heterocycles. The third-order valence-electron chi connectivity index (χ3n) is 5.93. The molecule has 3 heterocycles. The SMILES string of the molecule is Cl.O=C(C1[C@H]2CNC[C@@H]12)N1CCc2oc(CCc3ccccc3)nc2C1. The number of nitrogens with one attached hydrogen (secondary N) is 1. The average Bonchev–Trinajstić information content (AvgIpc) is 3.00. The molecule has 1 aromatic carbocycles. The molecule has 138 valence electrons. The molecular weight excluding hydrogens is 350 g/mol. The van der Waals surface area contributed by atoms with Gasteiger partial charge >= 0.3 is 0 Å². The third kappa shape index (κ3) is 3.14. The first-order valence-corrected chi connectivity index (χ1v) is 9.30. The van der Waals surface area contributed by atoms with Crippen molar-refractivity contribution in [3.63, 3.8) is 0 Å². The summed E-state index contributed by atoms with van der Waals surface area (Å²) < 4.78 is 5.95. The fraction of sp³-hybridized carbons (Fsp3) is 0.500. The number of aromatic nitrogens is 1. The number of hydrogen-bond acceptors (Lipinski definition) is 4. The monoisotopic (exact) mass is 373 g/mol. The fourth-order valence-corrected chi connectivity index (χ4v) is 4.44. The standard InChI is InChI=1S/C20H23N3O2.ClH/c24-20(19-14-10-21-11-15(14)19)23-9-8-17-16(12-23)22-18(25-17)7-6-13-4-2-1-3-5-13;/h1-5,14-15,19,21H,6-12H2;1H/t14-,15+,19?;. The van der Waals surface area contributed by atoms with E-state index >= 15 is 0 Å². The van der Waals surface area contributed by atoms with E-state index in [1.165, 1.54) is 5.56 Å². The Bertz CT molecular complexity index is 782. The molecule has 1 amide bonds. The summed E-state index contributed by atoms with van der Waals surface area (Å²) >= 11 is 0.